The number of imidazole rings is 1. The Hall–Kier alpha value is -5.75. The van der Waals surface area contributed by atoms with Crippen LogP contribution >= 0.6 is 0 Å². The number of rotatable bonds is 7. The molecule has 278 valence electrons. The summed E-state index contributed by atoms with van der Waals surface area (Å²) < 4.78 is 48.5. The van der Waals surface area contributed by atoms with Gasteiger partial charge < -0.3 is 4.74 Å². The van der Waals surface area contributed by atoms with Gasteiger partial charge in [0, 0.05) is 40.8 Å². The first kappa shape index (κ1) is 31.6. The quantitative estimate of drug-likeness (QED) is 0.121. The lowest BCUT2D eigenvalue weighted by Gasteiger charge is -2.20. The van der Waals surface area contributed by atoms with Crippen molar-refractivity contribution >= 4 is 32.8 Å². The van der Waals surface area contributed by atoms with E-state index < -0.39 is 23.6 Å². The highest BCUT2D eigenvalue weighted by molar-refractivity contribution is 6.09. The number of ether oxygens (including phenoxy) is 1. The molecule has 4 aromatic heterocycles. The zero-order valence-electron chi connectivity index (χ0n) is 37.2. The van der Waals surface area contributed by atoms with Crippen LogP contribution in [0.4, 0.5) is 0 Å². The van der Waals surface area contributed by atoms with E-state index in [1.807, 2.05) is 117 Å². The molecule has 0 N–H and O–H groups in total. The Morgan fingerprint density at radius 2 is 1.31 bits per heavy atom. The summed E-state index contributed by atoms with van der Waals surface area (Å²) in [5, 5.41) is 2.09. The SMILES string of the molecule is [2H]C([2H])(c1cccc(-[n+]2[c-]n(-c3cc(Oc4ccc5c6ccccc6n(-c6cc(C([2H])([2H])C(C)(C)C)ccn6)c5c4)ccn3)c3cc(C(C)(C)C)ccc32)c1)C(C)(C)C. The fourth-order valence-corrected chi connectivity index (χ4v) is 7.13. The van der Waals surface area contributed by atoms with Crippen molar-refractivity contribution in [1.29, 1.82) is 0 Å². The maximum Gasteiger partial charge on any atom is 0.271 e. The second kappa shape index (κ2) is 13.5. The van der Waals surface area contributed by atoms with Gasteiger partial charge in [-0.25, -0.2) is 4.98 Å². The van der Waals surface area contributed by atoms with E-state index in [9.17, 15) is 0 Å². The minimum absolute atomic E-state index is 0.106. The molecule has 4 heterocycles. The second-order valence-corrected chi connectivity index (χ2v) is 17.4. The molecule has 0 atom stereocenters. The molecule has 0 radical (unpaired) electrons. The highest BCUT2D eigenvalue weighted by Crippen LogP contribution is 2.36. The molecule has 55 heavy (non-hydrogen) atoms. The van der Waals surface area contributed by atoms with Gasteiger partial charge in [-0.2, -0.15) is 0 Å². The van der Waals surface area contributed by atoms with Crippen LogP contribution in [0.5, 0.6) is 11.5 Å². The number of hydrogen-bond donors (Lipinski definition) is 0. The molecule has 0 saturated heterocycles. The molecule has 0 fully saturated rings. The number of hydrogen-bond acceptors (Lipinski definition) is 3. The lowest BCUT2D eigenvalue weighted by molar-refractivity contribution is -0.572. The van der Waals surface area contributed by atoms with E-state index in [-0.39, 0.29) is 5.41 Å². The molecule has 0 aliphatic heterocycles. The zero-order chi connectivity index (χ0) is 42.3. The number of aromatic nitrogens is 5. The Bertz CT molecular complexity index is 2890. The summed E-state index contributed by atoms with van der Waals surface area (Å²) in [6.45, 7) is 18.1. The van der Waals surface area contributed by atoms with Crippen molar-refractivity contribution in [1.82, 2.24) is 19.1 Å². The molecule has 6 heteroatoms. The summed E-state index contributed by atoms with van der Waals surface area (Å²) in [7, 11) is 0. The fraction of sp³-hybridized carbons (Fsp3) is 0.286. The topological polar surface area (TPSA) is 48.8 Å². The van der Waals surface area contributed by atoms with Gasteiger partial charge in [-0.3, -0.25) is 18.7 Å². The first-order chi connectivity index (χ1) is 27.6. The number of nitrogens with zero attached hydrogens (tertiary/aromatic N) is 5. The number of pyridine rings is 2. The highest BCUT2D eigenvalue weighted by atomic mass is 16.5. The molecule has 0 aliphatic rings. The van der Waals surface area contributed by atoms with E-state index in [4.69, 9.17) is 20.2 Å². The van der Waals surface area contributed by atoms with Crippen molar-refractivity contribution in [2.75, 3.05) is 0 Å². The minimum Gasteiger partial charge on any atom is -0.458 e. The lowest BCUT2D eigenvalue weighted by atomic mass is 9.87. The molecule has 0 aliphatic carbocycles. The molecular weight excluding hydrogens is 675 g/mol. The zero-order valence-corrected chi connectivity index (χ0v) is 33.2. The van der Waals surface area contributed by atoms with Gasteiger partial charge in [0.25, 0.3) is 6.33 Å². The number of benzene rings is 4. The molecule has 0 spiro atoms. The molecule has 4 aromatic carbocycles. The van der Waals surface area contributed by atoms with Crippen LogP contribution in [-0.2, 0) is 18.2 Å². The van der Waals surface area contributed by atoms with Crippen LogP contribution in [0.3, 0.4) is 0 Å². The van der Waals surface area contributed by atoms with Gasteiger partial charge in [-0.1, -0.05) is 110 Å². The third-order valence-electron chi connectivity index (χ3n) is 9.47. The monoisotopic (exact) mass is 729 g/mol. The maximum absolute atomic E-state index is 8.97. The predicted molar refractivity (Wildman–Crippen MR) is 225 cm³/mol. The van der Waals surface area contributed by atoms with Crippen LogP contribution in [0.1, 0.15) is 84.5 Å². The molecule has 8 rings (SSSR count). The summed E-state index contributed by atoms with van der Waals surface area (Å²) in [5.74, 6) is 2.45. The largest absolute Gasteiger partial charge is 0.458 e. The summed E-state index contributed by atoms with van der Waals surface area (Å²) in [6.07, 6.45) is 3.82. The second-order valence-electron chi connectivity index (χ2n) is 17.4. The first-order valence-corrected chi connectivity index (χ1v) is 18.9. The van der Waals surface area contributed by atoms with E-state index in [0.29, 0.717) is 34.3 Å². The van der Waals surface area contributed by atoms with Crippen LogP contribution in [0.15, 0.2) is 122 Å². The van der Waals surface area contributed by atoms with Gasteiger partial charge in [0.15, 0.2) is 5.82 Å². The molecule has 0 saturated carbocycles. The summed E-state index contributed by atoms with van der Waals surface area (Å²) >= 11 is 0. The Kier molecular flexibility index (Phi) is 7.77. The van der Waals surface area contributed by atoms with Gasteiger partial charge in [0.1, 0.15) is 17.3 Å². The summed E-state index contributed by atoms with van der Waals surface area (Å²) in [5.41, 5.74) is 5.47. The van der Waals surface area contributed by atoms with E-state index >= 15 is 0 Å². The lowest BCUT2D eigenvalue weighted by Crippen LogP contribution is -2.30. The van der Waals surface area contributed by atoms with Crippen LogP contribution in [0.2, 0.25) is 0 Å². The van der Waals surface area contributed by atoms with Gasteiger partial charge >= 0.3 is 0 Å². The Morgan fingerprint density at radius 3 is 2.07 bits per heavy atom. The minimum atomic E-state index is -1.58. The van der Waals surface area contributed by atoms with Crippen molar-refractivity contribution in [2.24, 2.45) is 10.8 Å². The number of para-hydroxylation sites is 1. The smallest absolute Gasteiger partial charge is 0.271 e. The van der Waals surface area contributed by atoms with Crippen LogP contribution in [0.25, 0.3) is 50.2 Å². The van der Waals surface area contributed by atoms with Crippen molar-refractivity contribution in [3.63, 3.8) is 0 Å². The third-order valence-corrected chi connectivity index (χ3v) is 9.47. The third kappa shape index (κ3) is 7.51. The average Bonchev–Trinajstić information content (AvgIpc) is 3.73. The average molecular weight is 730 g/mol. The van der Waals surface area contributed by atoms with Crippen molar-refractivity contribution in [2.45, 2.75) is 80.5 Å². The Labute approximate surface area is 330 Å². The summed E-state index contributed by atoms with van der Waals surface area (Å²) in [6, 6.07) is 35.6. The Balaban J connectivity index is 1.22. The van der Waals surface area contributed by atoms with E-state index in [0.717, 1.165) is 44.1 Å². The first-order valence-electron chi connectivity index (χ1n) is 20.9. The van der Waals surface area contributed by atoms with Gasteiger partial charge in [-0.05, 0) is 94.7 Å². The molecule has 0 unspecified atom stereocenters. The van der Waals surface area contributed by atoms with Gasteiger partial charge in [0.2, 0.25) is 0 Å². The molecule has 0 bridgehead atoms. The summed E-state index contributed by atoms with van der Waals surface area (Å²) in [4.78, 5) is 9.56. The van der Waals surface area contributed by atoms with Crippen LogP contribution in [-0.4, -0.2) is 19.1 Å². The van der Waals surface area contributed by atoms with Crippen molar-refractivity contribution in [3.8, 4) is 28.8 Å². The van der Waals surface area contributed by atoms with E-state index in [2.05, 4.69) is 68.1 Å². The fourth-order valence-electron chi connectivity index (χ4n) is 7.13. The van der Waals surface area contributed by atoms with Crippen molar-refractivity contribution < 1.29 is 14.8 Å². The predicted octanol–water partition coefficient (Wildman–Crippen LogP) is 11.9. The van der Waals surface area contributed by atoms with Gasteiger partial charge in [-0.15, -0.1) is 0 Å². The van der Waals surface area contributed by atoms with Crippen LogP contribution < -0.4 is 9.30 Å². The molecule has 0 amide bonds. The normalized spacial score (nSPS) is 14.2. The molecule has 6 nitrogen and oxygen atoms in total. The van der Waals surface area contributed by atoms with Gasteiger partial charge in [0.05, 0.1) is 27.8 Å². The Morgan fingerprint density at radius 1 is 0.618 bits per heavy atom. The van der Waals surface area contributed by atoms with Crippen molar-refractivity contribution in [3.05, 3.63) is 145 Å². The standard InChI is InChI=1S/C49H51N5O/c1-47(2,3)30-33-13-12-14-36(25-33)52-32-53(44-27-35(49(7,8)9)17-20-42(44)52)45-29-38(22-24-50-45)55-37-18-19-40-39-15-10-11-16-41(39)54(43(40)28-37)46-26-34(21-23-51-46)31-48(4,5)6/h10-29H,30-31H2,1-9H3/i30D2,31D2. The maximum atomic E-state index is 8.97. The molecular formula is C49H51N5O. The molecule has 8 aromatic rings. The number of fused-ring (bicyclic) bond motifs is 4. The van der Waals surface area contributed by atoms with Crippen LogP contribution in [0, 0.1) is 17.2 Å². The highest BCUT2D eigenvalue weighted by Gasteiger charge is 2.21. The van der Waals surface area contributed by atoms with E-state index in [1.165, 1.54) is 0 Å². The van der Waals surface area contributed by atoms with E-state index in [1.54, 1.807) is 18.5 Å².